The van der Waals surface area contributed by atoms with E-state index in [4.69, 9.17) is 0 Å². The van der Waals surface area contributed by atoms with Crippen LogP contribution >= 0.6 is 11.8 Å². The zero-order chi connectivity index (χ0) is 22.0. The number of thioether (sulfide) groups is 1. The number of hydrogen-bond donors (Lipinski definition) is 2. The first-order valence-corrected chi connectivity index (χ1v) is 11.7. The molecule has 0 fully saturated rings. The van der Waals surface area contributed by atoms with Gasteiger partial charge in [-0.2, -0.15) is 0 Å². The maximum absolute atomic E-state index is 13.4. The van der Waals surface area contributed by atoms with Crippen molar-refractivity contribution in [3.8, 4) is 0 Å². The molecule has 1 aliphatic heterocycles. The van der Waals surface area contributed by atoms with Gasteiger partial charge in [-0.05, 0) is 49.4 Å². The van der Waals surface area contributed by atoms with Crippen molar-refractivity contribution >= 4 is 23.4 Å². The van der Waals surface area contributed by atoms with Crippen LogP contribution in [0.5, 0.6) is 0 Å². The number of benzene rings is 2. The maximum Gasteiger partial charge on any atom is 0.240 e. The third-order valence-corrected chi connectivity index (χ3v) is 6.84. The Morgan fingerprint density at radius 1 is 1.13 bits per heavy atom. The van der Waals surface area contributed by atoms with Crippen LogP contribution < -0.4 is 10.7 Å². The van der Waals surface area contributed by atoms with E-state index in [1.165, 1.54) is 22.9 Å². The molecular formula is C24H29N5OS. The highest BCUT2D eigenvalue weighted by atomic mass is 32.2. The number of carbonyl (C=O) groups is 1. The second-order valence-corrected chi connectivity index (χ2v) is 9.14. The summed E-state index contributed by atoms with van der Waals surface area (Å²) in [4.78, 5) is 13.4. The molecule has 1 amide bonds. The minimum atomic E-state index is -0.376. The van der Waals surface area contributed by atoms with E-state index in [9.17, 15) is 4.79 Å². The summed E-state index contributed by atoms with van der Waals surface area (Å²) in [5, 5.41) is 12.2. The summed E-state index contributed by atoms with van der Waals surface area (Å²) in [5.74, 6) is 0.855. The van der Waals surface area contributed by atoms with Crippen LogP contribution in [0, 0.1) is 13.8 Å². The monoisotopic (exact) mass is 435 g/mol. The van der Waals surface area contributed by atoms with Crippen molar-refractivity contribution in [2.75, 3.05) is 10.7 Å². The smallest absolute Gasteiger partial charge is 0.240 e. The van der Waals surface area contributed by atoms with Crippen LogP contribution in [0.4, 0.5) is 5.69 Å². The topological polar surface area (TPSA) is 71.8 Å². The van der Waals surface area contributed by atoms with E-state index in [2.05, 4.69) is 72.0 Å². The van der Waals surface area contributed by atoms with Crippen LogP contribution in [-0.2, 0) is 17.6 Å². The molecular weight excluding hydrogens is 406 g/mol. The van der Waals surface area contributed by atoms with Crippen LogP contribution in [0.3, 0.4) is 0 Å². The number of nitrogens with one attached hydrogen (secondary N) is 2. The maximum atomic E-state index is 13.4. The van der Waals surface area contributed by atoms with E-state index in [0.717, 1.165) is 47.1 Å². The average molecular weight is 436 g/mol. The van der Waals surface area contributed by atoms with Crippen molar-refractivity contribution in [1.29, 1.82) is 0 Å². The van der Waals surface area contributed by atoms with Crippen molar-refractivity contribution < 1.29 is 4.79 Å². The number of aryl methyl sites for hydroxylation is 4. The number of amides is 1. The Kier molecular flexibility index (Phi) is 6.32. The van der Waals surface area contributed by atoms with Gasteiger partial charge in [0.25, 0.3) is 0 Å². The van der Waals surface area contributed by atoms with Crippen molar-refractivity contribution in [2.24, 2.45) is 0 Å². The van der Waals surface area contributed by atoms with Gasteiger partial charge in [0.15, 0.2) is 5.82 Å². The molecule has 2 atom stereocenters. The Hall–Kier alpha value is -2.80. The molecule has 2 N–H and O–H groups in total. The molecule has 3 aromatic rings. The standard InChI is InChI=1S/C24H29N5OS/c1-5-7-20-26-27-24-29(20)28-21(18-11-9-17(6-2)10-12-18)22(31-24)23(30)25-19-13-8-15(3)14-16(19)4/h8-14,21-22,28H,5-7H2,1-4H3,(H,25,30)/t21-,22-/m0/s1. The number of rotatable bonds is 6. The molecule has 1 aromatic heterocycles. The molecule has 0 aliphatic carbocycles. The second kappa shape index (κ2) is 9.14. The van der Waals surface area contributed by atoms with Gasteiger partial charge >= 0.3 is 0 Å². The molecule has 31 heavy (non-hydrogen) atoms. The lowest BCUT2D eigenvalue weighted by Crippen LogP contribution is -2.41. The van der Waals surface area contributed by atoms with Crippen LogP contribution in [0.1, 0.15) is 54.4 Å². The Morgan fingerprint density at radius 2 is 1.90 bits per heavy atom. The van der Waals surface area contributed by atoms with E-state index in [1.807, 2.05) is 23.7 Å². The Labute approximate surface area is 187 Å². The lowest BCUT2D eigenvalue weighted by molar-refractivity contribution is -0.116. The number of aromatic nitrogens is 3. The first kappa shape index (κ1) is 21.4. The fourth-order valence-electron chi connectivity index (χ4n) is 3.85. The summed E-state index contributed by atoms with van der Waals surface area (Å²) in [6.45, 7) is 8.34. The Bertz CT molecular complexity index is 1080. The summed E-state index contributed by atoms with van der Waals surface area (Å²) in [7, 11) is 0. The van der Waals surface area contributed by atoms with Crippen LogP contribution in [-0.4, -0.2) is 26.0 Å². The van der Waals surface area contributed by atoms with Gasteiger partial charge in [-0.1, -0.05) is 67.6 Å². The van der Waals surface area contributed by atoms with Gasteiger partial charge < -0.3 is 10.7 Å². The average Bonchev–Trinajstić information content (AvgIpc) is 3.17. The summed E-state index contributed by atoms with van der Waals surface area (Å²) in [6, 6.07) is 14.4. The zero-order valence-electron chi connectivity index (χ0n) is 18.5. The molecule has 1 aliphatic rings. The zero-order valence-corrected chi connectivity index (χ0v) is 19.3. The molecule has 0 unspecified atom stereocenters. The van der Waals surface area contributed by atoms with E-state index < -0.39 is 0 Å². The van der Waals surface area contributed by atoms with Crippen LogP contribution in [0.15, 0.2) is 47.6 Å². The molecule has 2 heterocycles. The first-order valence-electron chi connectivity index (χ1n) is 10.8. The highest BCUT2D eigenvalue weighted by Gasteiger charge is 2.37. The fourth-order valence-corrected chi connectivity index (χ4v) is 4.95. The molecule has 4 rings (SSSR count). The predicted octanol–water partition coefficient (Wildman–Crippen LogP) is 4.81. The second-order valence-electron chi connectivity index (χ2n) is 8.03. The van der Waals surface area contributed by atoms with E-state index in [1.54, 1.807) is 0 Å². The van der Waals surface area contributed by atoms with Gasteiger partial charge in [0.2, 0.25) is 11.1 Å². The summed E-state index contributed by atoms with van der Waals surface area (Å²) in [6.07, 6.45) is 2.80. The van der Waals surface area contributed by atoms with Crippen molar-refractivity contribution in [1.82, 2.24) is 14.9 Å². The largest absolute Gasteiger partial charge is 0.325 e. The molecule has 162 valence electrons. The lowest BCUT2D eigenvalue weighted by Gasteiger charge is -2.33. The summed E-state index contributed by atoms with van der Waals surface area (Å²) < 4.78 is 1.95. The third kappa shape index (κ3) is 4.46. The van der Waals surface area contributed by atoms with Gasteiger partial charge in [-0.25, -0.2) is 4.68 Å². The normalized spacial score (nSPS) is 17.7. The number of anilines is 1. The lowest BCUT2D eigenvalue weighted by atomic mass is 10.0. The van der Waals surface area contributed by atoms with Gasteiger partial charge in [0.1, 0.15) is 5.25 Å². The van der Waals surface area contributed by atoms with Crippen LogP contribution in [0.2, 0.25) is 0 Å². The van der Waals surface area contributed by atoms with E-state index in [0.29, 0.717) is 0 Å². The highest BCUT2D eigenvalue weighted by Crippen LogP contribution is 2.38. The number of nitrogens with zero attached hydrogens (tertiary/aromatic N) is 3. The summed E-state index contributed by atoms with van der Waals surface area (Å²) >= 11 is 1.47. The molecule has 2 aromatic carbocycles. The molecule has 0 bridgehead atoms. The first-order chi connectivity index (χ1) is 15.0. The highest BCUT2D eigenvalue weighted by molar-refractivity contribution is 8.00. The molecule has 0 spiro atoms. The van der Waals surface area contributed by atoms with Gasteiger partial charge in [-0.15, -0.1) is 10.2 Å². The number of fused-ring (bicyclic) bond motifs is 1. The molecule has 0 saturated heterocycles. The van der Waals surface area contributed by atoms with Crippen LogP contribution in [0.25, 0.3) is 0 Å². The number of hydrogen-bond acceptors (Lipinski definition) is 5. The Balaban J connectivity index is 1.67. The fraction of sp³-hybridized carbons (Fsp3) is 0.375. The predicted molar refractivity (Wildman–Crippen MR) is 126 cm³/mol. The molecule has 7 heteroatoms. The minimum absolute atomic E-state index is 0.0414. The van der Waals surface area contributed by atoms with E-state index >= 15 is 0 Å². The van der Waals surface area contributed by atoms with Gasteiger partial charge in [-0.3, -0.25) is 4.79 Å². The van der Waals surface area contributed by atoms with Crippen molar-refractivity contribution in [2.45, 2.75) is 63.4 Å². The number of carbonyl (C=O) groups excluding carboxylic acids is 1. The molecule has 0 radical (unpaired) electrons. The quantitative estimate of drug-likeness (QED) is 0.581. The minimum Gasteiger partial charge on any atom is -0.325 e. The van der Waals surface area contributed by atoms with Crippen molar-refractivity contribution in [3.63, 3.8) is 0 Å². The Morgan fingerprint density at radius 3 is 2.58 bits per heavy atom. The molecule has 0 saturated carbocycles. The van der Waals surface area contributed by atoms with E-state index in [-0.39, 0.29) is 17.2 Å². The summed E-state index contributed by atoms with van der Waals surface area (Å²) in [5.41, 5.74) is 8.96. The van der Waals surface area contributed by atoms with Gasteiger partial charge in [0, 0.05) is 12.1 Å². The molecule has 6 nitrogen and oxygen atoms in total. The third-order valence-electron chi connectivity index (χ3n) is 5.62. The van der Waals surface area contributed by atoms with Gasteiger partial charge in [0.05, 0.1) is 6.04 Å². The SMILES string of the molecule is CCCc1nnc2n1N[C@@H](c1ccc(CC)cc1)[C@@H](C(=O)Nc1ccc(C)cc1C)S2. The van der Waals surface area contributed by atoms with Crippen molar-refractivity contribution in [3.05, 3.63) is 70.5 Å².